The lowest BCUT2D eigenvalue weighted by atomic mass is 9.81. The fourth-order valence-electron chi connectivity index (χ4n) is 15.2. The number of rotatable bonds is 10. The van der Waals surface area contributed by atoms with Crippen molar-refractivity contribution >= 4 is 80.0 Å². The predicted molar refractivity (Wildman–Crippen MR) is 373 cm³/mol. The maximum atomic E-state index is 2.46. The van der Waals surface area contributed by atoms with Gasteiger partial charge in [0.2, 0.25) is 0 Å². The van der Waals surface area contributed by atoms with Crippen LogP contribution in [0.2, 0.25) is 0 Å². The lowest BCUT2D eigenvalue weighted by molar-refractivity contribution is 0.660. The van der Waals surface area contributed by atoms with Crippen LogP contribution in [-0.4, -0.2) is 0 Å². The smallest absolute Gasteiger partial charge is 0.0540 e. The van der Waals surface area contributed by atoms with Crippen LogP contribution in [0.15, 0.2) is 231 Å². The molecule has 0 aromatic heterocycles. The zero-order valence-corrected chi connectivity index (χ0v) is 51.6. The average molecular weight is 1120 g/mol. The topological polar surface area (TPSA) is 6.48 Å². The van der Waals surface area contributed by atoms with Crippen LogP contribution in [0.25, 0.3) is 79.2 Å². The van der Waals surface area contributed by atoms with Gasteiger partial charge in [-0.05, 0) is 210 Å². The van der Waals surface area contributed by atoms with Gasteiger partial charge in [-0.15, -0.1) is 0 Å². The highest BCUT2D eigenvalue weighted by atomic mass is 15.1. The molecule has 2 nitrogen and oxygen atoms in total. The summed E-state index contributed by atoms with van der Waals surface area (Å²) in [5, 5.41) is 4.94. The van der Waals surface area contributed by atoms with E-state index >= 15 is 0 Å². The summed E-state index contributed by atoms with van der Waals surface area (Å²) in [7, 11) is 0. The second-order valence-electron chi connectivity index (χ2n) is 26.6. The van der Waals surface area contributed by atoms with Crippen molar-refractivity contribution < 1.29 is 0 Å². The highest BCUT2D eigenvalue weighted by Gasteiger charge is 2.39. The van der Waals surface area contributed by atoms with Crippen molar-refractivity contribution in [2.24, 2.45) is 0 Å². The van der Waals surface area contributed by atoms with Gasteiger partial charge in [0.25, 0.3) is 0 Å². The maximum Gasteiger partial charge on any atom is 0.0540 e. The second-order valence-corrected chi connectivity index (χ2v) is 26.6. The first-order valence-corrected chi connectivity index (χ1v) is 30.9. The van der Waals surface area contributed by atoms with E-state index < -0.39 is 0 Å². The minimum Gasteiger partial charge on any atom is -0.310 e. The number of fused-ring (bicyclic) bond motifs is 11. The number of anilines is 6. The first kappa shape index (κ1) is 53.9. The zero-order valence-electron chi connectivity index (χ0n) is 51.6. The Morgan fingerprint density at radius 2 is 0.529 bits per heavy atom. The molecule has 0 atom stereocenters. The second kappa shape index (κ2) is 20.2. The zero-order chi connectivity index (χ0) is 59.7. The van der Waals surface area contributed by atoms with E-state index in [4.69, 9.17) is 0 Å². The van der Waals surface area contributed by atoms with Crippen LogP contribution in [0.4, 0.5) is 34.1 Å². The molecule has 15 rings (SSSR count). The Morgan fingerprint density at radius 3 is 0.851 bits per heavy atom. The highest BCUT2D eigenvalue weighted by Crippen LogP contribution is 2.55. The number of aryl methyl sites for hydroxylation is 4. The van der Waals surface area contributed by atoms with Crippen LogP contribution in [0.1, 0.15) is 119 Å². The third-order valence-electron chi connectivity index (χ3n) is 19.5. The molecule has 0 amide bonds. The standard InChI is InChI=1S/C85H72N2/c1-53-41-54(2)44-65(43-53)86(81-23-15-19-61-17-11-13-21-67(61)81)63-33-39-73-71-37-31-59(49-77(71)84(7,8)79(73)51-63)27-25-57-29-35-69-70-36-30-58(48-76(70)83(5,6)75(69)47-57)26-28-60-32-38-72-74-40-34-64(52-80(74)85(9,10)78(72)50-60)87(66-45-55(3)42-56(4)46-66)82-24-16-20-62-18-12-14-22-68(62)82/h11-52H,1-10H3/b27-25+,28-26+. The Morgan fingerprint density at radius 1 is 0.253 bits per heavy atom. The Hall–Kier alpha value is -9.76. The SMILES string of the molecule is Cc1cc(C)cc(N(c2ccc3c(c2)C(C)(C)c2cc(/C=C/c4ccc5c(c4)C(C)(C)c4cc(/C=C/c6ccc7c(c6)C(C)(C)c6cc(N(c8cc(C)cc(C)c8)c8cccc9ccccc89)ccc6-7)ccc4-5)ccc2-3)c2cccc3ccccc23)c1. The number of hydrogen-bond donors (Lipinski definition) is 0. The molecule has 0 bridgehead atoms. The molecule has 0 saturated heterocycles. The molecule has 0 unspecified atom stereocenters. The molecule has 0 fully saturated rings. The molecule has 87 heavy (non-hydrogen) atoms. The maximum absolute atomic E-state index is 2.46. The van der Waals surface area contributed by atoms with Crippen molar-refractivity contribution in [3.8, 4) is 33.4 Å². The van der Waals surface area contributed by atoms with Gasteiger partial charge < -0.3 is 9.80 Å². The van der Waals surface area contributed by atoms with Gasteiger partial charge >= 0.3 is 0 Å². The number of hydrogen-bond acceptors (Lipinski definition) is 2. The summed E-state index contributed by atoms with van der Waals surface area (Å²) in [5.41, 5.74) is 32.5. The summed E-state index contributed by atoms with van der Waals surface area (Å²) in [6.45, 7) is 23.2. The van der Waals surface area contributed by atoms with Gasteiger partial charge in [0.05, 0.1) is 11.4 Å². The van der Waals surface area contributed by atoms with Gasteiger partial charge in [-0.1, -0.05) is 236 Å². The molecular formula is C85H72N2. The first-order valence-electron chi connectivity index (χ1n) is 30.9. The molecule has 0 N–H and O–H groups in total. The van der Waals surface area contributed by atoms with Crippen LogP contribution in [0.3, 0.4) is 0 Å². The third kappa shape index (κ3) is 8.99. The van der Waals surface area contributed by atoms with E-state index in [2.05, 4.69) is 334 Å². The summed E-state index contributed by atoms with van der Waals surface area (Å²) in [5.74, 6) is 0. The van der Waals surface area contributed by atoms with Crippen molar-refractivity contribution in [3.05, 3.63) is 308 Å². The number of nitrogens with zero attached hydrogens (tertiary/aromatic N) is 2. The summed E-state index contributed by atoms with van der Waals surface area (Å²) in [6.07, 6.45) is 9.21. The molecule has 3 aliphatic rings. The average Bonchev–Trinajstić information content (AvgIpc) is 1.64. The fraction of sp³-hybridized carbons (Fsp3) is 0.153. The summed E-state index contributed by atoms with van der Waals surface area (Å²) < 4.78 is 0. The van der Waals surface area contributed by atoms with Gasteiger partial charge in [0.1, 0.15) is 0 Å². The van der Waals surface area contributed by atoms with E-state index in [9.17, 15) is 0 Å². The van der Waals surface area contributed by atoms with E-state index in [1.165, 1.54) is 167 Å². The summed E-state index contributed by atoms with van der Waals surface area (Å²) in [4.78, 5) is 4.92. The van der Waals surface area contributed by atoms with Crippen LogP contribution < -0.4 is 9.80 Å². The summed E-state index contributed by atoms with van der Waals surface area (Å²) in [6, 6.07) is 87.1. The van der Waals surface area contributed by atoms with Gasteiger partial charge in [-0.3, -0.25) is 0 Å². The molecule has 3 aliphatic carbocycles. The van der Waals surface area contributed by atoms with E-state index in [0.717, 1.165) is 0 Å². The van der Waals surface area contributed by atoms with E-state index in [1.54, 1.807) is 0 Å². The van der Waals surface area contributed by atoms with Crippen molar-refractivity contribution in [3.63, 3.8) is 0 Å². The lowest BCUT2D eigenvalue weighted by Crippen LogP contribution is -2.17. The molecule has 0 aliphatic heterocycles. The highest BCUT2D eigenvalue weighted by molar-refractivity contribution is 6.01. The lowest BCUT2D eigenvalue weighted by Gasteiger charge is -2.29. The normalized spacial score (nSPS) is 14.5. The van der Waals surface area contributed by atoms with Crippen molar-refractivity contribution in [2.45, 2.75) is 85.5 Å². The first-order chi connectivity index (χ1) is 42.0. The molecule has 0 spiro atoms. The monoisotopic (exact) mass is 1120 g/mol. The Labute approximate surface area is 514 Å². The van der Waals surface area contributed by atoms with Crippen LogP contribution in [-0.2, 0) is 16.2 Å². The van der Waals surface area contributed by atoms with Crippen molar-refractivity contribution in [1.82, 2.24) is 0 Å². The van der Waals surface area contributed by atoms with Gasteiger partial charge in [0, 0.05) is 49.8 Å². The van der Waals surface area contributed by atoms with Crippen LogP contribution >= 0.6 is 0 Å². The minimum absolute atomic E-state index is 0.161. The Bertz CT molecular complexity index is 4540. The molecule has 12 aromatic carbocycles. The van der Waals surface area contributed by atoms with E-state index in [1.807, 2.05) is 0 Å². The Balaban J connectivity index is 0.676. The quantitative estimate of drug-likeness (QED) is 0.126. The number of benzene rings is 12. The van der Waals surface area contributed by atoms with Gasteiger partial charge in [-0.2, -0.15) is 0 Å². The Kier molecular flexibility index (Phi) is 12.5. The van der Waals surface area contributed by atoms with Gasteiger partial charge in [0.15, 0.2) is 0 Å². The van der Waals surface area contributed by atoms with Gasteiger partial charge in [-0.25, -0.2) is 0 Å². The third-order valence-corrected chi connectivity index (χ3v) is 19.5. The molecule has 0 heterocycles. The predicted octanol–water partition coefficient (Wildman–Crippen LogP) is 23.4. The van der Waals surface area contributed by atoms with Crippen molar-refractivity contribution in [2.75, 3.05) is 9.80 Å². The molecule has 0 saturated carbocycles. The van der Waals surface area contributed by atoms with Crippen LogP contribution in [0.5, 0.6) is 0 Å². The molecule has 2 heteroatoms. The molecule has 422 valence electrons. The fourth-order valence-corrected chi connectivity index (χ4v) is 15.2. The largest absolute Gasteiger partial charge is 0.310 e. The van der Waals surface area contributed by atoms with E-state index in [0.29, 0.717) is 0 Å². The summed E-state index contributed by atoms with van der Waals surface area (Å²) >= 11 is 0. The molecule has 12 aromatic rings. The minimum atomic E-state index is -0.199. The van der Waals surface area contributed by atoms with E-state index in [-0.39, 0.29) is 16.2 Å². The molecule has 0 radical (unpaired) electrons. The van der Waals surface area contributed by atoms with Crippen molar-refractivity contribution in [1.29, 1.82) is 0 Å². The van der Waals surface area contributed by atoms with Crippen LogP contribution in [0, 0.1) is 27.7 Å². The molecular weight excluding hydrogens is 1050 g/mol.